The highest BCUT2D eigenvalue weighted by atomic mass is 35.5. The molecule has 1 saturated heterocycles. The van der Waals surface area contributed by atoms with Crippen LogP contribution >= 0.6 is 23.2 Å². The summed E-state index contributed by atoms with van der Waals surface area (Å²) in [6.45, 7) is 6.29. The van der Waals surface area contributed by atoms with E-state index < -0.39 is 0 Å². The molecule has 0 spiro atoms. The molecule has 1 unspecified atom stereocenters. The Morgan fingerprint density at radius 2 is 2.19 bits per heavy atom. The van der Waals surface area contributed by atoms with Gasteiger partial charge in [0, 0.05) is 17.5 Å². The molecule has 0 aliphatic carbocycles. The van der Waals surface area contributed by atoms with E-state index in [2.05, 4.69) is 19.2 Å². The maximum absolute atomic E-state index is 12.7. The predicted molar refractivity (Wildman–Crippen MR) is 86.7 cm³/mol. The van der Waals surface area contributed by atoms with Gasteiger partial charge in [-0.05, 0) is 37.4 Å². The number of hydrogen-bond donors (Lipinski definition) is 1. The van der Waals surface area contributed by atoms with Gasteiger partial charge in [0.1, 0.15) is 5.75 Å². The van der Waals surface area contributed by atoms with Crippen LogP contribution in [-0.2, 0) is 0 Å². The number of nitrogens with one attached hydrogen (secondary N) is 1. The Balaban J connectivity index is 2.28. The second-order valence-corrected chi connectivity index (χ2v) is 6.72. The molecule has 1 aliphatic heterocycles. The molecule has 1 heterocycles. The van der Waals surface area contributed by atoms with Gasteiger partial charge in [-0.3, -0.25) is 4.79 Å². The van der Waals surface area contributed by atoms with Crippen molar-refractivity contribution in [1.82, 2.24) is 5.32 Å². The zero-order chi connectivity index (χ0) is 15.4. The van der Waals surface area contributed by atoms with Gasteiger partial charge in [0.05, 0.1) is 17.2 Å². The summed E-state index contributed by atoms with van der Waals surface area (Å²) in [4.78, 5) is 12.7. The van der Waals surface area contributed by atoms with Crippen LogP contribution in [-0.4, -0.2) is 25.5 Å². The summed E-state index contributed by atoms with van der Waals surface area (Å²) in [5, 5.41) is 4.12. The fourth-order valence-corrected chi connectivity index (χ4v) is 2.98. The number of halogens is 2. The minimum atomic E-state index is -0.0327. The third-order valence-electron chi connectivity index (χ3n) is 3.50. The molecule has 0 radical (unpaired) electrons. The predicted octanol–water partition coefficient (Wildman–Crippen LogP) is 4.21. The number of ether oxygens (including phenoxy) is 1. The van der Waals surface area contributed by atoms with Gasteiger partial charge in [-0.1, -0.05) is 37.0 Å². The van der Waals surface area contributed by atoms with E-state index in [4.69, 9.17) is 27.9 Å². The smallest absolute Gasteiger partial charge is 0.171 e. The normalized spacial score (nSPS) is 18.8. The SMILES string of the molecule is CC(C)COc1c(Cl)cc(Cl)cc1C(=O)C1CCCNC1. The lowest BCUT2D eigenvalue weighted by Gasteiger charge is -2.23. The van der Waals surface area contributed by atoms with Crippen LogP contribution in [0.3, 0.4) is 0 Å². The van der Waals surface area contributed by atoms with E-state index >= 15 is 0 Å². The molecule has 1 aromatic rings. The van der Waals surface area contributed by atoms with Crippen molar-refractivity contribution in [3.05, 3.63) is 27.7 Å². The molecule has 1 N–H and O–H groups in total. The first-order valence-electron chi connectivity index (χ1n) is 7.35. The maximum Gasteiger partial charge on any atom is 0.171 e. The van der Waals surface area contributed by atoms with E-state index in [1.54, 1.807) is 12.1 Å². The molecule has 3 nitrogen and oxygen atoms in total. The van der Waals surface area contributed by atoms with Gasteiger partial charge in [0.15, 0.2) is 5.78 Å². The molecular formula is C16H21Cl2NO2. The minimum absolute atomic E-state index is 0.0327. The molecule has 1 aromatic carbocycles. The summed E-state index contributed by atoms with van der Waals surface area (Å²) >= 11 is 12.3. The molecule has 116 valence electrons. The molecule has 0 amide bonds. The summed E-state index contributed by atoms with van der Waals surface area (Å²) in [5.41, 5.74) is 0.502. The average Bonchev–Trinajstić information content (AvgIpc) is 2.45. The minimum Gasteiger partial charge on any atom is -0.491 e. The molecule has 21 heavy (non-hydrogen) atoms. The first-order chi connectivity index (χ1) is 9.99. The lowest BCUT2D eigenvalue weighted by molar-refractivity contribution is 0.0894. The molecule has 1 aliphatic rings. The third kappa shape index (κ3) is 4.35. The lowest BCUT2D eigenvalue weighted by atomic mass is 9.90. The van der Waals surface area contributed by atoms with Gasteiger partial charge in [-0.2, -0.15) is 0 Å². The van der Waals surface area contributed by atoms with Crippen molar-refractivity contribution in [2.24, 2.45) is 11.8 Å². The van der Waals surface area contributed by atoms with Gasteiger partial charge < -0.3 is 10.1 Å². The summed E-state index contributed by atoms with van der Waals surface area (Å²) in [7, 11) is 0. The molecule has 1 atom stereocenters. The van der Waals surface area contributed by atoms with Crippen molar-refractivity contribution in [3.8, 4) is 5.75 Å². The quantitative estimate of drug-likeness (QED) is 0.822. The van der Waals surface area contributed by atoms with Crippen molar-refractivity contribution < 1.29 is 9.53 Å². The monoisotopic (exact) mass is 329 g/mol. The maximum atomic E-state index is 12.7. The van der Waals surface area contributed by atoms with Crippen LogP contribution in [0.15, 0.2) is 12.1 Å². The standard InChI is InChI=1S/C16H21Cl2NO2/c1-10(2)9-21-16-13(6-12(17)7-14(16)18)15(20)11-4-3-5-19-8-11/h6-7,10-11,19H,3-5,8-9H2,1-2H3. The number of piperidine rings is 1. The number of rotatable bonds is 5. The van der Waals surface area contributed by atoms with Gasteiger partial charge in [-0.25, -0.2) is 0 Å². The molecule has 0 bridgehead atoms. The topological polar surface area (TPSA) is 38.3 Å². The van der Waals surface area contributed by atoms with E-state index in [1.165, 1.54) is 0 Å². The van der Waals surface area contributed by atoms with Crippen LogP contribution in [0.1, 0.15) is 37.0 Å². The Labute approximate surface area is 136 Å². The van der Waals surface area contributed by atoms with Crippen molar-refractivity contribution in [2.45, 2.75) is 26.7 Å². The number of benzene rings is 1. The molecule has 0 aromatic heterocycles. The Hall–Kier alpha value is -0.770. The molecule has 5 heteroatoms. The van der Waals surface area contributed by atoms with E-state index in [-0.39, 0.29) is 11.7 Å². The Morgan fingerprint density at radius 1 is 1.43 bits per heavy atom. The van der Waals surface area contributed by atoms with Crippen molar-refractivity contribution >= 4 is 29.0 Å². The van der Waals surface area contributed by atoms with E-state index in [1.807, 2.05) is 0 Å². The fourth-order valence-electron chi connectivity index (χ4n) is 2.44. The van der Waals surface area contributed by atoms with Crippen molar-refractivity contribution in [1.29, 1.82) is 0 Å². The van der Waals surface area contributed by atoms with Crippen LogP contribution in [0.25, 0.3) is 0 Å². The lowest BCUT2D eigenvalue weighted by Crippen LogP contribution is -2.34. The summed E-state index contributed by atoms with van der Waals surface area (Å²) in [5.74, 6) is 0.849. The number of ketones is 1. The second kappa shape index (κ2) is 7.48. The highest BCUT2D eigenvalue weighted by Gasteiger charge is 2.26. The third-order valence-corrected chi connectivity index (χ3v) is 4.00. The molecular weight excluding hydrogens is 309 g/mol. The zero-order valence-electron chi connectivity index (χ0n) is 12.4. The molecule has 1 fully saturated rings. The van der Waals surface area contributed by atoms with Crippen LogP contribution in [0.4, 0.5) is 0 Å². The second-order valence-electron chi connectivity index (χ2n) is 5.88. The largest absolute Gasteiger partial charge is 0.491 e. The first kappa shape index (κ1) is 16.6. The van der Waals surface area contributed by atoms with Crippen molar-refractivity contribution in [3.63, 3.8) is 0 Å². The number of Topliss-reactive ketones (excluding diaryl/α,β-unsaturated/α-hetero) is 1. The van der Waals surface area contributed by atoms with Gasteiger partial charge in [0.2, 0.25) is 0 Å². The molecule has 2 rings (SSSR count). The fraction of sp³-hybridized carbons (Fsp3) is 0.562. The van der Waals surface area contributed by atoms with Crippen LogP contribution in [0, 0.1) is 11.8 Å². The summed E-state index contributed by atoms with van der Waals surface area (Å²) < 4.78 is 5.76. The zero-order valence-corrected chi connectivity index (χ0v) is 13.9. The summed E-state index contributed by atoms with van der Waals surface area (Å²) in [6.07, 6.45) is 1.90. The first-order valence-corrected chi connectivity index (χ1v) is 8.11. The Bertz CT molecular complexity index is 511. The van der Waals surface area contributed by atoms with Crippen LogP contribution in [0.2, 0.25) is 10.0 Å². The Morgan fingerprint density at radius 3 is 2.81 bits per heavy atom. The summed E-state index contributed by atoms with van der Waals surface area (Å²) in [6, 6.07) is 3.29. The average molecular weight is 330 g/mol. The van der Waals surface area contributed by atoms with E-state index in [0.717, 1.165) is 19.4 Å². The van der Waals surface area contributed by atoms with Crippen LogP contribution < -0.4 is 10.1 Å². The van der Waals surface area contributed by atoms with Crippen molar-refractivity contribution in [2.75, 3.05) is 19.7 Å². The Kier molecular flexibility index (Phi) is 5.91. The number of hydrogen-bond acceptors (Lipinski definition) is 3. The van der Waals surface area contributed by atoms with Gasteiger partial charge in [-0.15, -0.1) is 0 Å². The highest BCUT2D eigenvalue weighted by Crippen LogP contribution is 2.35. The van der Waals surface area contributed by atoms with Gasteiger partial charge >= 0.3 is 0 Å². The van der Waals surface area contributed by atoms with Crippen LogP contribution in [0.5, 0.6) is 5.75 Å². The number of carbonyl (C=O) groups is 1. The number of carbonyl (C=O) groups excluding carboxylic acids is 1. The highest BCUT2D eigenvalue weighted by molar-refractivity contribution is 6.36. The van der Waals surface area contributed by atoms with E-state index in [0.29, 0.717) is 40.4 Å². The molecule has 0 saturated carbocycles. The van der Waals surface area contributed by atoms with E-state index in [9.17, 15) is 4.79 Å². The van der Waals surface area contributed by atoms with Gasteiger partial charge in [0.25, 0.3) is 0 Å².